The highest BCUT2D eigenvalue weighted by atomic mass is 16.3. The number of nitrogens with one attached hydrogen (secondary N) is 2. The van der Waals surface area contributed by atoms with Gasteiger partial charge in [-0.05, 0) is 12.8 Å². The van der Waals surface area contributed by atoms with E-state index in [9.17, 15) is 0 Å². The monoisotopic (exact) mass is 195 g/mol. The van der Waals surface area contributed by atoms with Crippen LogP contribution in [0, 0.1) is 12.3 Å². The maximum Gasteiger partial charge on any atom is 0.191 e. The fourth-order valence-corrected chi connectivity index (χ4v) is 1.21. The Bertz CT molecular complexity index is 232. The van der Waals surface area contributed by atoms with Crippen molar-refractivity contribution in [1.82, 2.24) is 10.6 Å². The minimum absolute atomic E-state index is 0.345. The van der Waals surface area contributed by atoms with Crippen LogP contribution in [0.15, 0.2) is 4.99 Å². The Morgan fingerprint density at radius 1 is 1.64 bits per heavy atom. The first-order chi connectivity index (χ1) is 6.83. The molecule has 0 aromatic rings. The molecule has 1 aliphatic heterocycles. The number of aliphatic hydroxyl groups is 1. The Labute approximate surface area is 84.8 Å². The zero-order valence-corrected chi connectivity index (χ0v) is 8.29. The lowest BCUT2D eigenvalue weighted by molar-refractivity contribution is 0.180. The molecule has 0 fully saturated rings. The average Bonchev–Trinajstić information content (AvgIpc) is 2.21. The van der Waals surface area contributed by atoms with Gasteiger partial charge in [-0.1, -0.05) is 0 Å². The number of guanidine groups is 1. The van der Waals surface area contributed by atoms with Crippen LogP contribution < -0.4 is 10.6 Å². The van der Waals surface area contributed by atoms with Gasteiger partial charge in [-0.3, -0.25) is 4.99 Å². The number of rotatable bonds is 4. The molecule has 0 aromatic heterocycles. The molecule has 1 unspecified atom stereocenters. The summed E-state index contributed by atoms with van der Waals surface area (Å²) in [6, 6.07) is 0. The molecule has 78 valence electrons. The van der Waals surface area contributed by atoms with Gasteiger partial charge >= 0.3 is 0 Å². The molecule has 1 atom stereocenters. The number of terminal acetylenes is 1. The van der Waals surface area contributed by atoms with Crippen LogP contribution in [0.2, 0.25) is 0 Å². The highest BCUT2D eigenvalue weighted by molar-refractivity contribution is 5.80. The first kappa shape index (κ1) is 10.9. The Morgan fingerprint density at radius 2 is 2.50 bits per heavy atom. The highest BCUT2D eigenvalue weighted by Crippen LogP contribution is 1.93. The van der Waals surface area contributed by atoms with E-state index < -0.39 is 0 Å². The summed E-state index contributed by atoms with van der Waals surface area (Å²) in [5.74, 6) is 3.39. The molecule has 4 heteroatoms. The molecule has 0 radical (unpaired) electrons. The van der Waals surface area contributed by atoms with Crippen molar-refractivity contribution in [3.63, 3.8) is 0 Å². The maximum absolute atomic E-state index is 9.15. The lowest BCUT2D eigenvalue weighted by Crippen LogP contribution is -2.46. The minimum Gasteiger partial charge on any atom is -0.389 e. The first-order valence-electron chi connectivity index (χ1n) is 4.96. The van der Waals surface area contributed by atoms with Crippen molar-refractivity contribution >= 4 is 5.96 Å². The van der Waals surface area contributed by atoms with Crippen LogP contribution in [-0.2, 0) is 0 Å². The molecule has 1 rings (SSSR count). The van der Waals surface area contributed by atoms with Crippen molar-refractivity contribution < 1.29 is 5.11 Å². The Morgan fingerprint density at radius 3 is 3.14 bits per heavy atom. The summed E-state index contributed by atoms with van der Waals surface area (Å²) in [5.41, 5.74) is 0. The summed E-state index contributed by atoms with van der Waals surface area (Å²) in [5, 5.41) is 15.3. The third-order valence-electron chi connectivity index (χ3n) is 2.01. The molecule has 3 N–H and O–H groups in total. The lowest BCUT2D eigenvalue weighted by atomic mass is 10.2. The highest BCUT2D eigenvalue weighted by Gasteiger charge is 2.10. The second kappa shape index (κ2) is 6.28. The van der Waals surface area contributed by atoms with Gasteiger partial charge in [-0.2, -0.15) is 0 Å². The van der Waals surface area contributed by atoms with Crippen LogP contribution in [0.3, 0.4) is 0 Å². The van der Waals surface area contributed by atoms with Crippen LogP contribution >= 0.6 is 0 Å². The number of β-amino-alcohol motifs (C(OH)–C–C–N with tert-alkyl or cyclic N) is 1. The third-order valence-corrected chi connectivity index (χ3v) is 2.01. The van der Waals surface area contributed by atoms with E-state index in [1.165, 1.54) is 0 Å². The second-order valence-electron chi connectivity index (χ2n) is 3.31. The van der Waals surface area contributed by atoms with Crippen LogP contribution in [-0.4, -0.2) is 36.8 Å². The zero-order chi connectivity index (χ0) is 10.2. The van der Waals surface area contributed by atoms with Crippen molar-refractivity contribution in [3.05, 3.63) is 0 Å². The molecular formula is C10H17N3O. The second-order valence-corrected chi connectivity index (χ2v) is 3.31. The summed E-state index contributed by atoms with van der Waals surface area (Å²) < 4.78 is 0. The maximum atomic E-state index is 9.15. The summed E-state index contributed by atoms with van der Waals surface area (Å²) in [7, 11) is 0. The number of aliphatic hydroxyl groups excluding tert-OH is 1. The van der Waals surface area contributed by atoms with E-state index in [-0.39, 0.29) is 6.10 Å². The van der Waals surface area contributed by atoms with Gasteiger partial charge in [0.05, 0.1) is 12.6 Å². The molecule has 0 aliphatic carbocycles. The van der Waals surface area contributed by atoms with E-state index >= 15 is 0 Å². The van der Waals surface area contributed by atoms with E-state index in [0.717, 1.165) is 31.8 Å². The number of nitrogens with zero attached hydrogens (tertiary/aromatic N) is 1. The average molecular weight is 195 g/mol. The Kier molecular flexibility index (Phi) is 4.87. The smallest absolute Gasteiger partial charge is 0.191 e. The Hall–Kier alpha value is -1.21. The van der Waals surface area contributed by atoms with Crippen molar-refractivity contribution in [2.45, 2.75) is 25.4 Å². The molecule has 4 nitrogen and oxygen atoms in total. The van der Waals surface area contributed by atoms with Crippen molar-refractivity contribution in [2.75, 3.05) is 19.6 Å². The summed E-state index contributed by atoms with van der Waals surface area (Å²) in [6.45, 7) is 1.94. The van der Waals surface area contributed by atoms with E-state index in [4.69, 9.17) is 11.5 Å². The predicted octanol–water partition coefficient (Wildman–Crippen LogP) is -0.300. The first-order valence-corrected chi connectivity index (χ1v) is 4.96. The van der Waals surface area contributed by atoms with Crippen molar-refractivity contribution in [3.8, 4) is 12.3 Å². The van der Waals surface area contributed by atoms with Crippen LogP contribution in [0.5, 0.6) is 0 Å². The summed E-state index contributed by atoms with van der Waals surface area (Å²) in [6.07, 6.45) is 7.71. The fourth-order valence-electron chi connectivity index (χ4n) is 1.21. The molecule has 0 saturated carbocycles. The molecule has 14 heavy (non-hydrogen) atoms. The van der Waals surface area contributed by atoms with Gasteiger partial charge in [-0.25, -0.2) is 0 Å². The van der Waals surface area contributed by atoms with Crippen molar-refractivity contribution in [1.29, 1.82) is 0 Å². The molecular weight excluding hydrogens is 178 g/mol. The largest absolute Gasteiger partial charge is 0.389 e. The van der Waals surface area contributed by atoms with Crippen LogP contribution in [0.4, 0.5) is 0 Å². The molecule has 1 aliphatic rings. The minimum atomic E-state index is -0.345. The van der Waals surface area contributed by atoms with Gasteiger partial charge < -0.3 is 15.7 Å². The van der Waals surface area contributed by atoms with Gasteiger partial charge in [0.2, 0.25) is 0 Å². The number of hydrogen-bond acceptors (Lipinski definition) is 4. The van der Waals surface area contributed by atoms with Gasteiger partial charge in [0.15, 0.2) is 5.96 Å². The Balaban J connectivity index is 2.05. The summed E-state index contributed by atoms with van der Waals surface area (Å²) in [4.78, 5) is 4.13. The SMILES string of the molecule is C#CCCCCNC1=NCC(O)CN1. The quantitative estimate of drug-likeness (QED) is 0.426. The van der Waals surface area contributed by atoms with Crippen LogP contribution in [0.25, 0.3) is 0 Å². The third kappa shape index (κ3) is 4.15. The van der Waals surface area contributed by atoms with Crippen LogP contribution in [0.1, 0.15) is 19.3 Å². The van der Waals surface area contributed by atoms with Gasteiger partial charge in [0.25, 0.3) is 0 Å². The van der Waals surface area contributed by atoms with E-state index in [1.54, 1.807) is 0 Å². The molecule has 0 saturated heterocycles. The predicted molar refractivity (Wildman–Crippen MR) is 57.0 cm³/mol. The zero-order valence-electron chi connectivity index (χ0n) is 8.29. The standard InChI is InChI=1S/C10H17N3O/c1-2-3-4-5-6-11-10-12-7-9(14)8-13-10/h1,9,14H,3-8H2,(H2,11,12,13). The van der Waals surface area contributed by atoms with Gasteiger partial charge in [-0.15, -0.1) is 12.3 Å². The van der Waals surface area contributed by atoms with E-state index in [1.807, 2.05) is 0 Å². The van der Waals surface area contributed by atoms with E-state index in [2.05, 4.69) is 21.5 Å². The molecule has 0 bridgehead atoms. The number of hydrogen-bond donors (Lipinski definition) is 3. The van der Waals surface area contributed by atoms with E-state index in [0.29, 0.717) is 13.1 Å². The molecule has 1 heterocycles. The molecule has 0 spiro atoms. The topological polar surface area (TPSA) is 56.7 Å². The summed E-state index contributed by atoms with van der Waals surface area (Å²) >= 11 is 0. The number of aliphatic imine (C=N–C) groups is 1. The molecule has 0 amide bonds. The normalized spacial score (nSPS) is 20.6. The number of unbranched alkanes of at least 4 members (excludes halogenated alkanes) is 2. The van der Waals surface area contributed by atoms with Gasteiger partial charge in [0, 0.05) is 19.5 Å². The lowest BCUT2D eigenvalue weighted by Gasteiger charge is -2.19. The van der Waals surface area contributed by atoms with Gasteiger partial charge in [0.1, 0.15) is 0 Å². The van der Waals surface area contributed by atoms with Crippen molar-refractivity contribution in [2.24, 2.45) is 4.99 Å². The fraction of sp³-hybridized carbons (Fsp3) is 0.700. The molecule has 0 aromatic carbocycles.